The molecule has 0 aliphatic heterocycles. The normalized spacial score (nSPS) is 9.81. The van der Waals surface area contributed by atoms with Crippen LogP contribution in [-0.2, 0) is 0 Å². The van der Waals surface area contributed by atoms with Gasteiger partial charge in [0.15, 0.2) is 0 Å². The molecule has 0 fully saturated rings. The van der Waals surface area contributed by atoms with Crippen LogP contribution in [0.5, 0.6) is 5.75 Å². The molecule has 0 saturated heterocycles. The van der Waals surface area contributed by atoms with Crippen LogP contribution in [0.3, 0.4) is 0 Å². The summed E-state index contributed by atoms with van der Waals surface area (Å²) in [5.41, 5.74) is 1.41. The lowest BCUT2D eigenvalue weighted by molar-refractivity contribution is 0.415. The molecule has 0 N–H and O–H groups in total. The smallest absolute Gasteiger partial charge is 0.137 e. The molecule has 0 saturated carbocycles. The van der Waals surface area contributed by atoms with Crippen LogP contribution in [0.1, 0.15) is 5.69 Å². The fourth-order valence-corrected chi connectivity index (χ4v) is 1.75. The van der Waals surface area contributed by atoms with Gasteiger partial charge in [-0.1, -0.05) is 11.6 Å². The van der Waals surface area contributed by atoms with E-state index in [0.29, 0.717) is 16.5 Å². The number of hydrogen-bond donors (Lipinski definition) is 0. The number of aromatic nitrogens is 1. The van der Waals surface area contributed by atoms with E-state index in [9.17, 15) is 0 Å². The van der Waals surface area contributed by atoms with Crippen molar-refractivity contribution in [1.29, 1.82) is 5.26 Å². The monoisotopic (exact) mass is 232 g/mol. The maximum Gasteiger partial charge on any atom is 0.137 e. The summed E-state index contributed by atoms with van der Waals surface area (Å²) in [6.07, 6.45) is 1.82. The first-order chi connectivity index (χ1) is 7.76. The van der Waals surface area contributed by atoms with Gasteiger partial charge in [-0.25, -0.2) is 0 Å². The van der Waals surface area contributed by atoms with Crippen molar-refractivity contribution in [1.82, 2.24) is 4.57 Å². The van der Waals surface area contributed by atoms with Crippen LogP contribution in [0.4, 0.5) is 0 Å². The molecule has 0 aliphatic carbocycles. The lowest BCUT2D eigenvalue weighted by Crippen LogP contribution is -1.95. The minimum atomic E-state index is 0.526. The molecule has 2 aromatic rings. The van der Waals surface area contributed by atoms with E-state index in [1.54, 1.807) is 29.9 Å². The molecule has 1 aromatic carbocycles. The summed E-state index contributed by atoms with van der Waals surface area (Å²) < 4.78 is 6.84. The Morgan fingerprint density at radius 2 is 2.19 bits per heavy atom. The van der Waals surface area contributed by atoms with Crippen molar-refractivity contribution in [2.45, 2.75) is 0 Å². The number of rotatable bonds is 2. The summed E-state index contributed by atoms with van der Waals surface area (Å²) in [5.74, 6) is 0.621. The lowest BCUT2D eigenvalue weighted by Gasteiger charge is -2.07. The Morgan fingerprint density at radius 3 is 2.81 bits per heavy atom. The molecular formula is C12H9ClN2O. The van der Waals surface area contributed by atoms with Gasteiger partial charge in [0.1, 0.15) is 17.5 Å². The molecule has 0 spiro atoms. The van der Waals surface area contributed by atoms with Gasteiger partial charge in [0.25, 0.3) is 0 Å². The number of nitriles is 1. The molecule has 0 amide bonds. The maximum absolute atomic E-state index is 8.91. The Balaban J connectivity index is 2.50. The number of halogens is 1. The maximum atomic E-state index is 8.91. The predicted molar refractivity (Wildman–Crippen MR) is 62.0 cm³/mol. The molecule has 0 bridgehead atoms. The zero-order valence-electron chi connectivity index (χ0n) is 8.64. The predicted octanol–water partition coefficient (Wildman–Crippen LogP) is 3.01. The van der Waals surface area contributed by atoms with E-state index in [1.807, 2.05) is 18.3 Å². The van der Waals surface area contributed by atoms with Gasteiger partial charge in [-0.15, -0.1) is 0 Å². The first kappa shape index (κ1) is 10.6. The lowest BCUT2D eigenvalue weighted by atomic mass is 10.3. The Labute approximate surface area is 98.4 Å². The molecule has 0 atom stereocenters. The van der Waals surface area contributed by atoms with E-state index >= 15 is 0 Å². The second kappa shape index (κ2) is 4.30. The van der Waals surface area contributed by atoms with Gasteiger partial charge < -0.3 is 9.30 Å². The first-order valence-electron chi connectivity index (χ1n) is 4.67. The van der Waals surface area contributed by atoms with Crippen molar-refractivity contribution in [2.75, 3.05) is 7.11 Å². The summed E-state index contributed by atoms with van der Waals surface area (Å²) in [4.78, 5) is 0. The Bertz CT molecular complexity index is 554. The van der Waals surface area contributed by atoms with Crippen LogP contribution in [-0.4, -0.2) is 11.7 Å². The standard InChI is InChI=1S/C12H9ClN2O/c1-16-12-5-4-9(7-11(12)13)15-6-2-3-10(15)8-14/h2-7H,1H3. The second-order valence-electron chi connectivity index (χ2n) is 3.19. The first-order valence-corrected chi connectivity index (χ1v) is 5.05. The van der Waals surface area contributed by atoms with E-state index in [0.717, 1.165) is 5.69 Å². The molecule has 0 radical (unpaired) electrons. The molecule has 3 nitrogen and oxygen atoms in total. The van der Waals surface area contributed by atoms with Crippen LogP contribution in [0.2, 0.25) is 5.02 Å². The molecule has 1 aromatic heterocycles. The molecule has 16 heavy (non-hydrogen) atoms. The average Bonchev–Trinajstić information content (AvgIpc) is 2.77. The van der Waals surface area contributed by atoms with Crippen molar-refractivity contribution in [3.63, 3.8) is 0 Å². The third-order valence-electron chi connectivity index (χ3n) is 2.28. The molecule has 4 heteroatoms. The van der Waals surface area contributed by atoms with Gasteiger partial charge in [-0.2, -0.15) is 5.26 Å². The van der Waals surface area contributed by atoms with Gasteiger partial charge >= 0.3 is 0 Å². The molecule has 80 valence electrons. The number of nitrogens with zero attached hydrogens (tertiary/aromatic N) is 2. The zero-order valence-corrected chi connectivity index (χ0v) is 9.40. The van der Waals surface area contributed by atoms with Gasteiger partial charge in [-0.3, -0.25) is 0 Å². The summed E-state index contributed by atoms with van der Waals surface area (Å²) in [5, 5.41) is 9.44. The minimum Gasteiger partial charge on any atom is -0.495 e. The van der Waals surface area contributed by atoms with Crippen LogP contribution in [0.15, 0.2) is 36.5 Å². The van der Waals surface area contributed by atoms with E-state index in [2.05, 4.69) is 6.07 Å². The largest absolute Gasteiger partial charge is 0.495 e. The summed E-state index contributed by atoms with van der Waals surface area (Å²) in [6.45, 7) is 0. The fraction of sp³-hybridized carbons (Fsp3) is 0.0833. The van der Waals surface area contributed by atoms with E-state index in [-0.39, 0.29) is 0 Å². The highest BCUT2D eigenvalue weighted by atomic mass is 35.5. The van der Waals surface area contributed by atoms with Gasteiger partial charge in [0.2, 0.25) is 0 Å². The number of hydrogen-bond acceptors (Lipinski definition) is 2. The third-order valence-corrected chi connectivity index (χ3v) is 2.57. The Hall–Kier alpha value is -1.92. The summed E-state index contributed by atoms with van der Waals surface area (Å²) >= 11 is 6.02. The average molecular weight is 233 g/mol. The zero-order chi connectivity index (χ0) is 11.5. The van der Waals surface area contributed by atoms with Gasteiger partial charge in [0, 0.05) is 11.9 Å². The number of methoxy groups -OCH3 is 1. The topological polar surface area (TPSA) is 38.0 Å². The Kier molecular flexibility index (Phi) is 2.84. The van der Waals surface area contributed by atoms with Gasteiger partial charge in [-0.05, 0) is 30.3 Å². The van der Waals surface area contributed by atoms with E-state index < -0.39 is 0 Å². The summed E-state index contributed by atoms with van der Waals surface area (Å²) in [6, 6.07) is 11.1. The molecule has 2 rings (SSSR count). The Morgan fingerprint density at radius 1 is 1.38 bits per heavy atom. The summed E-state index contributed by atoms with van der Waals surface area (Å²) in [7, 11) is 1.57. The fourth-order valence-electron chi connectivity index (χ4n) is 1.50. The highest BCUT2D eigenvalue weighted by Gasteiger charge is 2.05. The number of ether oxygens (including phenoxy) is 1. The second-order valence-corrected chi connectivity index (χ2v) is 3.60. The molecule has 1 heterocycles. The van der Waals surface area contributed by atoms with Crippen molar-refractivity contribution < 1.29 is 4.74 Å². The van der Waals surface area contributed by atoms with Crippen molar-refractivity contribution in [2.24, 2.45) is 0 Å². The van der Waals surface area contributed by atoms with Gasteiger partial charge in [0.05, 0.1) is 12.1 Å². The van der Waals surface area contributed by atoms with Crippen molar-refractivity contribution >= 4 is 11.6 Å². The third kappa shape index (κ3) is 1.75. The SMILES string of the molecule is COc1ccc(-n2cccc2C#N)cc1Cl. The highest BCUT2D eigenvalue weighted by molar-refractivity contribution is 6.32. The quantitative estimate of drug-likeness (QED) is 0.798. The minimum absolute atomic E-state index is 0.526. The van der Waals surface area contributed by atoms with Crippen LogP contribution < -0.4 is 4.74 Å². The van der Waals surface area contributed by atoms with Crippen LogP contribution in [0, 0.1) is 11.3 Å². The van der Waals surface area contributed by atoms with Crippen molar-refractivity contribution in [3.05, 3.63) is 47.2 Å². The van der Waals surface area contributed by atoms with E-state index in [4.69, 9.17) is 21.6 Å². The highest BCUT2D eigenvalue weighted by Crippen LogP contribution is 2.27. The molecule has 0 unspecified atom stereocenters. The molecule has 0 aliphatic rings. The van der Waals surface area contributed by atoms with Crippen molar-refractivity contribution in [3.8, 4) is 17.5 Å². The molecular weight excluding hydrogens is 224 g/mol. The van der Waals surface area contributed by atoms with E-state index in [1.165, 1.54) is 0 Å². The van der Waals surface area contributed by atoms with Crippen LogP contribution in [0.25, 0.3) is 5.69 Å². The van der Waals surface area contributed by atoms with Crippen LogP contribution >= 0.6 is 11.6 Å². The number of benzene rings is 1.